The van der Waals surface area contributed by atoms with Gasteiger partial charge in [0, 0.05) is 15.7 Å². The highest BCUT2D eigenvalue weighted by Crippen LogP contribution is 2.30. The number of halogens is 1. The first-order valence-corrected chi connectivity index (χ1v) is 6.69. The summed E-state index contributed by atoms with van der Waals surface area (Å²) in [7, 11) is 0. The number of hydrogen-bond acceptors (Lipinski definition) is 3. The van der Waals surface area contributed by atoms with Crippen LogP contribution >= 0.6 is 15.9 Å². The van der Waals surface area contributed by atoms with E-state index < -0.39 is 5.60 Å². The second kappa shape index (κ2) is 4.55. The summed E-state index contributed by atoms with van der Waals surface area (Å²) in [6.45, 7) is 4.71. The monoisotopic (exact) mass is 312 g/mol. The maximum absolute atomic E-state index is 12.2. The molecule has 98 valence electrons. The highest BCUT2D eigenvalue weighted by molar-refractivity contribution is 9.10. The number of carbonyl (C=O) groups excluding carboxylic acids is 1. The van der Waals surface area contributed by atoms with Crippen molar-refractivity contribution in [2.24, 2.45) is 5.92 Å². The van der Waals surface area contributed by atoms with Crippen LogP contribution in [0, 0.1) is 5.92 Å². The largest absolute Gasteiger partial charge is 0.398 e. The molecule has 1 aliphatic rings. The molecule has 3 N–H and O–H groups in total. The molecule has 0 atom stereocenters. The molecule has 1 aromatic rings. The Labute approximate surface area is 115 Å². The normalized spacial score (nSPS) is 17.7. The summed E-state index contributed by atoms with van der Waals surface area (Å²) in [5, 5.41) is 10.1. The zero-order valence-corrected chi connectivity index (χ0v) is 12.1. The number of anilines is 1. The van der Waals surface area contributed by atoms with Gasteiger partial charge in [-0.25, -0.2) is 0 Å². The fourth-order valence-electron chi connectivity index (χ4n) is 1.97. The second-order valence-electron chi connectivity index (χ2n) is 5.16. The van der Waals surface area contributed by atoms with Crippen molar-refractivity contribution in [2.45, 2.75) is 19.4 Å². The topological polar surface area (TPSA) is 66.6 Å². The van der Waals surface area contributed by atoms with Gasteiger partial charge in [0.15, 0.2) is 0 Å². The quantitative estimate of drug-likeness (QED) is 0.819. The lowest BCUT2D eigenvalue weighted by molar-refractivity contribution is -0.110. The van der Waals surface area contributed by atoms with Crippen molar-refractivity contribution in [3.63, 3.8) is 0 Å². The number of likely N-dealkylation sites (tertiary alicyclic amines) is 1. The summed E-state index contributed by atoms with van der Waals surface area (Å²) in [5.74, 6) is 0.0840. The molecule has 18 heavy (non-hydrogen) atoms. The Hall–Kier alpha value is -1.07. The molecule has 1 aliphatic heterocycles. The van der Waals surface area contributed by atoms with E-state index >= 15 is 0 Å². The zero-order chi connectivity index (χ0) is 13.5. The number of carbonyl (C=O) groups is 1. The van der Waals surface area contributed by atoms with Crippen LogP contribution in [0.4, 0.5) is 5.69 Å². The number of hydrogen-bond donors (Lipinski definition) is 2. The highest BCUT2D eigenvalue weighted by Gasteiger charge is 2.45. The summed E-state index contributed by atoms with van der Waals surface area (Å²) < 4.78 is 0.716. The minimum absolute atomic E-state index is 0.0685. The third-order valence-corrected chi connectivity index (χ3v) is 4.23. The van der Waals surface area contributed by atoms with E-state index in [1.807, 2.05) is 13.8 Å². The number of benzene rings is 1. The van der Waals surface area contributed by atoms with Gasteiger partial charge in [0.05, 0.1) is 13.1 Å². The number of rotatable bonds is 2. The molecule has 1 amide bonds. The molecule has 0 saturated carbocycles. The predicted molar refractivity (Wildman–Crippen MR) is 74.2 cm³/mol. The van der Waals surface area contributed by atoms with Crippen LogP contribution in [0.15, 0.2) is 22.7 Å². The van der Waals surface area contributed by atoms with E-state index in [0.29, 0.717) is 28.8 Å². The van der Waals surface area contributed by atoms with Gasteiger partial charge < -0.3 is 15.7 Å². The molecular weight excluding hydrogens is 296 g/mol. The average molecular weight is 313 g/mol. The molecule has 0 unspecified atom stereocenters. The first-order valence-electron chi connectivity index (χ1n) is 5.90. The predicted octanol–water partition coefficient (Wildman–Crippen LogP) is 1.87. The summed E-state index contributed by atoms with van der Waals surface area (Å²) >= 11 is 3.30. The van der Waals surface area contributed by atoms with E-state index in [2.05, 4.69) is 15.9 Å². The fraction of sp³-hybridized carbons (Fsp3) is 0.462. The van der Waals surface area contributed by atoms with Gasteiger partial charge in [-0.05, 0) is 40.0 Å². The van der Waals surface area contributed by atoms with Crippen molar-refractivity contribution < 1.29 is 9.90 Å². The van der Waals surface area contributed by atoms with Crippen LogP contribution in [-0.2, 0) is 0 Å². The standard InChI is InChI=1S/C13H17BrN2O2/c1-8(2)13(18)6-16(7-13)12(17)9-3-4-11(15)10(14)5-9/h3-5,8,18H,6-7,15H2,1-2H3. The molecular formula is C13H17BrN2O2. The Balaban J connectivity index is 2.08. The number of aliphatic hydroxyl groups is 1. The lowest BCUT2D eigenvalue weighted by Crippen LogP contribution is -2.65. The van der Waals surface area contributed by atoms with Crippen molar-refractivity contribution in [3.05, 3.63) is 28.2 Å². The summed E-state index contributed by atoms with van der Waals surface area (Å²) in [4.78, 5) is 13.8. The Bertz CT molecular complexity index is 482. The third kappa shape index (κ3) is 2.24. The van der Waals surface area contributed by atoms with Crippen molar-refractivity contribution in [2.75, 3.05) is 18.8 Å². The molecule has 0 bridgehead atoms. The molecule has 0 aromatic heterocycles. The molecule has 5 heteroatoms. The Morgan fingerprint density at radius 2 is 2.11 bits per heavy atom. The van der Waals surface area contributed by atoms with E-state index in [1.165, 1.54) is 0 Å². The number of β-amino-alcohol motifs (C(OH)–C–C–N with tert-alkyl or cyclic N) is 1. The number of nitrogens with two attached hydrogens (primary N) is 1. The number of amides is 1. The van der Waals surface area contributed by atoms with E-state index in [1.54, 1.807) is 23.1 Å². The van der Waals surface area contributed by atoms with Crippen LogP contribution in [0.2, 0.25) is 0 Å². The van der Waals surface area contributed by atoms with Gasteiger partial charge in [0.1, 0.15) is 5.60 Å². The summed E-state index contributed by atoms with van der Waals surface area (Å²) in [5.41, 5.74) is 6.14. The molecule has 0 spiro atoms. The van der Waals surface area contributed by atoms with Crippen LogP contribution in [0.1, 0.15) is 24.2 Å². The summed E-state index contributed by atoms with van der Waals surface area (Å²) in [6.07, 6.45) is 0. The minimum atomic E-state index is -0.735. The van der Waals surface area contributed by atoms with Crippen LogP contribution in [0.25, 0.3) is 0 Å². The van der Waals surface area contributed by atoms with Crippen LogP contribution in [0.3, 0.4) is 0 Å². The van der Waals surface area contributed by atoms with Crippen molar-refractivity contribution in [1.29, 1.82) is 0 Å². The smallest absolute Gasteiger partial charge is 0.254 e. The van der Waals surface area contributed by atoms with E-state index in [-0.39, 0.29) is 11.8 Å². The highest BCUT2D eigenvalue weighted by atomic mass is 79.9. The van der Waals surface area contributed by atoms with E-state index in [4.69, 9.17) is 5.73 Å². The molecule has 4 nitrogen and oxygen atoms in total. The molecule has 2 rings (SSSR count). The molecule has 1 saturated heterocycles. The van der Waals surface area contributed by atoms with Crippen LogP contribution in [-0.4, -0.2) is 34.6 Å². The van der Waals surface area contributed by atoms with Crippen molar-refractivity contribution >= 4 is 27.5 Å². The average Bonchev–Trinajstić information content (AvgIpc) is 2.27. The van der Waals surface area contributed by atoms with Crippen molar-refractivity contribution in [3.8, 4) is 0 Å². The third-order valence-electron chi connectivity index (χ3n) is 3.54. The number of nitrogens with zero attached hydrogens (tertiary/aromatic N) is 1. The Kier molecular flexibility index (Phi) is 3.38. The zero-order valence-electron chi connectivity index (χ0n) is 10.5. The number of nitrogen functional groups attached to an aromatic ring is 1. The van der Waals surface area contributed by atoms with Crippen LogP contribution < -0.4 is 5.73 Å². The molecule has 1 fully saturated rings. The van der Waals surface area contributed by atoms with Gasteiger partial charge in [-0.1, -0.05) is 13.8 Å². The minimum Gasteiger partial charge on any atom is -0.398 e. The lowest BCUT2D eigenvalue weighted by Gasteiger charge is -2.49. The van der Waals surface area contributed by atoms with Gasteiger partial charge in [-0.3, -0.25) is 4.79 Å². The van der Waals surface area contributed by atoms with Crippen LogP contribution in [0.5, 0.6) is 0 Å². The maximum atomic E-state index is 12.2. The first kappa shape index (κ1) is 13.4. The van der Waals surface area contributed by atoms with Gasteiger partial charge in [0.25, 0.3) is 5.91 Å². The molecule has 0 aliphatic carbocycles. The Morgan fingerprint density at radius 1 is 1.50 bits per heavy atom. The molecule has 0 radical (unpaired) electrons. The molecule has 1 heterocycles. The van der Waals surface area contributed by atoms with Gasteiger partial charge in [0.2, 0.25) is 0 Å². The first-order chi connectivity index (χ1) is 8.33. The lowest BCUT2D eigenvalue weighted by atomic mass is 9.82. The van der Waals surface area contributed by atoms with E-state index in [9.17, 15) is 9.90 Å². The fourth-order valence-corrected chi connectivity index (χ4v) is 2.34. The SMILES string of the molecule is CC(C)C1(O)CN(C(=O)c2ccc(N)c(Br)c2)C1. The molecule has 1 aromatic carbocycles. The van der Waals surface area contributed by atoms with E-state index in [0.717, 1.165) is 0 Å². The van der Waals surface area contributed by atoms with Gasteiger partial charge >= 0.3 is 0 Å². The van der Waals surface area contributed by atoms with Gasteiger partial charge in [-0.2, -0.15) is 0 Å². The summed E-state index contributed by atoms with van der Waals surface area (Å²) in [6, 6.07) is 5.12. The maximum Gasteiger partial charge on any atom is 0.254 e. The van der Waals surface area contributed by atoms with Crippen molar-refractivity contribution in [1.82, 2.24) is 4.90 Å². The van der Waals surface area contributed by atoms with Gasteiger partial charge in [-0.15, -0.1) is 0 Å². The Morgan fingerprint density at radius 3 is 2.61 bits per heavy atom. The second-order valence-corrected chi connectivity index (χ2v) is 6.01.